The molecule has 1 aliphatic carbocycles. The number of nitrogens with zero attached hydrogens (tertiary/aromatic N) is 1. The number of ether oxygens (including phenoxy) is 2. The second-order valence-electron chi connectivity index (χ2n) is 8.54. The van der Waals surface area contributed by atoms with Crippen molar-refractivity contribution in [3.05, 3.63) is 53.1 Å². The van der Waals surface area contributed by atoms with Gasteiger partial charge in [0.2, 0.25) is 5.91 Å². The van der Waals surface area contributed by atoms with Crippen LogP contribution in [0.5, 0.6) is 11.5 Å². The quantitative estimate of drug-likeness (QED) is 0.720. The molecule has 0 saturated carbocycles. The van der Waals surface area contributed by atoms with Gasteiger partial charge < -0.3 is 20.1 Å². The Morgan fingerprint density at radius 3 is 2.66 bits per heavy atom. The summed E-state index contributed by atoms with van der Waals surface area (Å²) in [6, 6.07) is 10.5. The summed E-state index contributed by atoms with van der Waals surface area (Å²) in [7, 11) is 0. The molecule has 0 aromatic heterocycles. The van der Waals surface area contributed by atoms with Gasteiger partial charge >= 0.3 is 6.03 Å². The largest absolute Gasteiger partial charge is 0.490 e. The Hall–Kier alpha value is -3.55. The molecule has 1 saturated heterocycles. The van der Waals surface area contributed by atoms with E-state index in [0.717, 1.165) is 36.1 Å². The first-order valence-corrected chi connectivity index (χ1v) is 10.9. The lowest BCUT2D eigenvalue weighted by Gasteiger charge is -2.23. The first-order chi connectivity index (χ1) is 15.4. The van der Waals surface area contributed by atoms with Gasteiger partial charge in [-0.15, -0.1) is 0 Å². The first-order valence-electron chi connectivity index (χ1n) is 10.9. The molecule has 2 aromatic rings. The van der Waals surface area contributed by atoms with Crippen molar-refractivity contribution in [1.29, 1.82) is 0 Å². The maximum absolute atomic E-state index is 13.2. The molecule has 2 N–H and O–H groups in total. The highest BCUT2D eigenvalue weighted by Gasteiger charge is 2.49. The molecule has 32 heavy (non-hydrogen) atoms. The summed E-state index contributed by atoms with van der Waals surface area (Å²) < 4.78 is 11.2. The molecule has 8 heteroatoms. The van der Waals surface area contributed by atoms with Crippen molar-refractivity contribution in [3.8, 4) is 11.5 Å². The SMILES string of the molecule is CC1(c2ccc3c(c2)CCC3)NC(=O)N(CC(=O)Nc2ccc3c(c2)OCCCO3)C1=O. The van der Waals surface area contributed by atoms with Crippen LogP contribution in [0.2, 0.25) is 0 Å². The Labute approximate surface area is 185 Å². The highest BCUT2D eigenvalue weighted by atomic mass is 16.5. The predicted octanol–water partition coefficient (Wildman–Crippen LogP) is 2.74. The van der Waals surface area contributed by atoms with E-state index in [2.05, 4.69) is 10.6 Å². The molecule has 2 heterocycles. The number of urea groups is 1. The van der Waals surface area contributed by atoms with Crippen molar-refractivity contribution in [1.82, 2.24) is 10.2 Å². The van der Waals surface area contributed by atoms with Crippen molar-refractivity contribution in [3.63, 3.8) is 0 Å². The van der Waals surface area contributed by atoms with Gasteiger partial charge in [-0.25, -0.2) is 4.79 Å². The van der Waals surface area contributed by atoms with E-state index in [1.54, 1.807) is 25.1 Å². The van der Waals surface area contributed by atoms with Gasteiger partial charge in [0.15, 0.2) is 11.5 Å². The number of anilines is 1. The fourth-order valence-corrected chi connectivity index (χ4v) is 4.50. The summed E-state index contributed by atoms with van der Waals surface area (Å²) in [5.74, 6) is 0.273. The Morgan fingerprint density at radius 1 is 1.03 bits per heavy atom. The summed E-state index contributed by atoms with van der Waals surface area (Å²) in [4.78, 5) is 39.4. The first kappa shape index (κ1) is 20.4. The average Bonchev–Trinajstić information content (AvgIpc) is 3.23. The summed E-state index contributed by atoms with van der Waals surface area (Å²) >= 11 is 0. The standard InChI is InChI=1S/C24H25N3O5/c1-24(17-7-6-15-4-2-5-16(15)12-17)22(29)27(23(30)26-24)14-21(28)25-18-8-9-19-20(13-18)32-11-3-10-31-19/h6-9,12-13H,2-5,10-11,14H2,1H3,(H,25,28)(H,26,30). The minimum Gasteiger partial charge on any atom is -0.490 e. The third-order valence-electron chi connectivity index (χ3n) is 6.28. The van der Waals surface area contributed by atoms with Crippen LogP contribution in [-0.2, 0) is 28.0 Å². The number of benzene rings is 2. The number of imide groups is 1. The fraction of sp³-hybridized carbons (Fsp3) is 0.375. The Bertz CT molecular complexity index is 1110. The van der Waals surface area contributed by atoms with Gasteiger partial charge in [-0.1, -0.05) is 18.2 Å². The molecular weight excluding hydrogens is 410 g/mol. The predicted molar refractivity (Wildman–Crippen MR) is 117 cm³/mol. The van der Waals surface area contributed by atoms with E-state index in [1.807, 2.05) is 18.2 Å². The van der Waals surface area contributed by atoms with Gasteiger partial charge in [-0.3, -0.25) is 14.5 Å². The van der Waals surface area contributed by atoms with Crippen molar-refractivity contribution in [2.24, 2.45) is 0 Å². The van der Waals surface area contributed by atoms with Crippen LogP contribution in [0.3, 0.4) is 0 Å². The molecule has 5 rings (SSSR count). The van der Waals surface area contributed by atoms with Crippen molar-refractivity contribution >= 4 is 23.5 Å². The van der Waals surface area contributed by atoms with Crippen LogP contribution >= 0.6 is 0 Å². The maximum Gasteiger partial charge on any atom is 0.325 e. The summed E-state index contributed by atoms with van der Waals surface area (Å²) in [5, 5.41) is 5.51. The number of aryl methyl sites for hydroxylation is 2. The van der Waals surface area contributed by atoms with E-state index >= 15 is 0 Å². The lowest BCUT2D eigenvalue weighted by molar-refractivity contribution is -0.133. The van der Waals surface area contributed by atoms with Crippen LogP contribution in [0, 0.1) is 0 Å². The normalized spacial score (nSPS) is 21.7. The van der Waals surface area contributed by atoms with E-state index in [9.17, 15) is 14.4 Å². The van der Waals surface area contributed by atoms with Gasteiger partial charge in [0.1, 0.15) is 12.1 Å². The number of hydrogen-bond donors (Lipinski definition) is 2. The molecule has 0 radical (unpaired) electrons. The maximum atomic E-state index is 13.2. The molecule has 1 atom stereocenters. The van der Waals surface area contributed by atoms with Gasteiger partial charge in [0.05, 0.1) is 13.2 Å². The molecule has 8 nitrogen and oxygen atoms in total. The van der Waals surface area contributed by atoms with Gasteiger partial charge in [-0.05, 0) is 55.0 Å². The second kappa shape index (κ2) is 7.85. The molecule has 0 bridgehead atoms. The van der Waals surface area contributed by atoms with Crippen molar-refractivity contribution in [2.75, 3.05) is 25.1 Å². The second-order valence-corrected chi connectivity index (χ2v) is 8.54. The summed E-state index contributed by atoms with van der Waals surface area (Å²) in [5.41, 5.74) is 2.57. The Balaban J connectivity index is 1.29. The lowest BCUT2D eigenvalue weighted by Crippen LogP contribution is -2.42. The molecule has 1 unspecified atom stereocenters. The minimum absolute atomic E-state index is 0.375. The van der Waals surface area contributed by atoms with Gasteiger partial charge in [-0.2, -0.15) is 0 Å². The Kier molecular flexibility index (Phi) is 5.00. The number of rotatable bonds is 4. The topological polar surface area (TPSA) is 97.0 Å². The molecule has 2 aliphatic heterocycles. The van der Waals surface area contributed by atoms with E-state index in [-0.39, 0.29) is 6.54 Å². The molecule has 2 aromatic carbocycles. The molecular formula is C24H25N3O5. The Morgan fingerprint density at radius 2 is 1.81 bits per heavy atom. The number of fused-ring (bicyclic) bond motifs is 2. The lowest BCUT2D eigenvalue weighted by atomic mass is 9.89. The fourth-order valence-electron chi connectivity index (χ4n) is 4.50. The molecule has 1 fully saturated rings. The number of hydrogen-bond acceptors (Lipinski definition) is 5. The molecule has 3 aliphatic rings. The third-order valence-corrected chi connectivity index (χ3v) is 6.28. The number of nitrogens with one attached hydrogen (secondary N) is 2. The van der Waals surface area contributed by atoms with E-state index < -0.39 is 23.4 Å². The minimum atomic E-state index is -1.19. The number of carbonyl (C=O) groups excluding carboxylic acids is 3. The highest BCUT2D eigenvalue weighted by molar-refractivity contribution is 6.10. The van der Waals surface area contributed by atoms with E-state index in [4.69, 9.17) is 9.47 Å². The summed E-state index contributed by atoms with van der Waals surface area (Å²) in [6.45, 7) is 2.42. The zero-order valence-corrected chi connectivity index (χ0v) is 17.9. The van der Waals surface area contributed by atoms with Crippen LogP contribution < -0.4 is 20.1 Å². The van der Waals surface area contributed by atoms with Crippen molar-refractivity contribution < 1.29 is 23.9 Å². The van der Waals surface area contributed by atoms with Crippen LogP contribution in [-0.4, -0.2) is 42.5 Å². The zero-order chi connectivity index (χ0) is 22.3. The highest BCUT2D eigenvalue weighted by Crippen LogP contribution is 2.34. The van der Waals surface area contributed by atoms with Gasteiger partial charge in [0.25, 0.3) is 5.91 Å². The van der Waals surface area contributed by atoms with Crippen LogP contribution in [0.25, 0.3) is 0 Å². The van der Waals surface area contributed by atoms with E-state index in [0.29, 0.717) is 30.4 Å². The average molecular weight is 435 g/mol. The van der Waals surface area contributed by atoms with E-state index in [1.165, 1.54) is 11.1 Å². The molecule has 166 valence electrons. The number of carbonyl (C=O) groups is 3. The van der Waals surface area contributed by atoms with Crippen LogP contribution in [0.15, 0.2) is 36.4 Å². The molecule has 0 spiro atoms. The zero-order valence-electron chi connectivity index (χ0n) is 17.9. The van der Waals surface area contributed by atoms with Crippen molar-refractivity contribution in [2.45, 2.75) is 38.1 Å². The van der Waals surface area contributed by atoms with Crippen LogP contribution in [0.4, 0.5) is 10.5 Å². The summed E-state index contributed by atoms with van der Waals surface area (Å²) in [6.07, 6.45) is 3.90. The van der Waals surface area contributed by atoms with Gasteiger partial charge in [0, 0.05) is 18.2 Å². The monoisotopic (exact) mass is 435 g/mol. The third kappa shape index (κ3) is 3.55. The molecule has 4 amide bonds. The number of amides is 4. The van der Waals surface area contributed by atoms with Crippen LogP contribution in [0.1, 0.15) is 36.5 Å². The smallest absolute Gasteiger partial charge is 0.325 e.